The SMILES string of the molecule is CCOc1ccc(-n2cccc2/C=C2/C(=O)NC(=O)N(c3ccc(OC)cc3)C2=O)cc1. The predicted molar refractivity (Wildman–Crippen MR) is 119 cm³/mol. The first-order valence-electron chi connectivity index (χ1n) is 9.98. The van der Waals surface area contributed by atoms with E-state index in [0.29, 0.717) is 23.7 Å². The summed E-state index contributed by atoms with van der Waals surface area (Å²) in [5.74, 6) is -0.120. The van der Waals surface area contributed by atoms with Crippen molar-refractivity contribution in [3.8, 4) is 17.2 Å². The zero-order valence-electron chi connectivity index (χ0n) is 17.6. The average molecular weight is 431 g/mol. The van der Waals surface area contributed by atoms with Crippen molar-refractivity contribution in [1.29, 1.82) is 0 Å². The topological polar surface area (TPSA) is 89.9 Å². The second-order valence-corrected chi connectivity index (χ2v) is 6.89. The number of carbonyl (C=O) groups excluding carboxylic acids is 3. The van der Waals surface area contributed by atoms with Gasteiger partial charge in [-0.3, -0.25) is 14.9 Å². The molecule has 1 aliphatic rings. The molecule has 0 saturated carbocycles. The Hall–Kier alpha value is -4.33. The molecule has 2 aromatic carbocycles. The smallest absolute Gasteiger partial charge is 0.335 e. The summed E-state index contributed by atoms with van der Waals surface area (Å²) in [6.07, 6.45) is 3.29. The highest BCUT2D eigenvalue weighted by Crippen LogP contribution is 2.25. The minimum Gasteiger partial charge on any atom is -0.497 e. The van der Waals surface area contributed by atoms with Gasteiger partial charge in [-0.05, 0) is 73.7 Å². The number of methoxy groups -OCH3 is 1. The summed E-state index contributed by atoms with van der Waals surface area (Å²) >= 11 is 0. The van der Waals surface area contributed by atoms with Crippen LogP contribution in [0.5, 0.6) is 11.5 Å². The third-order valence-electron chi connectivity index (χ3n) is 4.93. The van der Waals surface area contributed by atoms with Crippen LogP contribution >= 0.6 is 0 Å². The standard InChI is InChI=1S/C24H21N3O5/c1-3-32-20-12-6-16(7-13-20)26-14-4-5-18(26)15-21-22(28)25-24(30)27(23(21)29)17-8-10-19(31-2)11-9-17/h4-15H,3H2,1-2H3,(H,25,28,30)/b21-15-. The van der Waals surface area contributed by atoms with E-state index in [1.807, 2.05) is 42.0 Å². The van der Waals surface area contributed by atoms with E-state index in [1.165, 1.54) is 13.2 Å². The second-order valence-electron chi connectivity index (χ2n) is 6.89. The quantitative estimate of drug-likeness (QED) is 0.476. The van der Waals surface area contributed by atoms with Crippen molar-refractivity contribution in [3.63, 3.8) is 0 Å². The first kappa shape index (κ1) is 20.9. The number of imide groups is 2. The molecule has 4 amide bonds. The van der Waals surface area contributed by atoms with E-state index >= 15 is 0 Å². The lowest BCUT2D eigenvalue weighted by Crippen LogP contribution is -2.54. The lowest BCUT2D eigenvalue weighted by atomic mass is 10.1. The van der Waals surface area contributed by atoms with Crippen molar-refractivity contribution in [3.05, 3.63) is 78.1 Å². The Balaban J connectivity index is 1.67. The Morgan fingerprint density at radius 3 is 2.22 bits per heavy atom. The molecule has 0 unspecified atom stereocenters. The van der Waals surface area contributed by atoms with E-state index in [4.69, 9.17) is 9.47 Å². The minimum absolute atomic E-state index is 0.147. The number of anilines is 1. The summed E-state index contributed by atoms with van der Waals surface area (Å²) in [6.45, 7) is 2.48. The highest BCUT2D eigenvalue weighted by molar-refractivity contribution is 6.39. The number of hydrogen-bond acceptors (Lipinski definition) is 5. The first-order chi connectivity index (χ1) is 15.5. The molecule has 3 aromatic rings. The van der Waals surface area contributed by atoms with Crippen LogP contribution in [0.1, 0.15) is 12.6 Å². The van der Waals surface area contributed by atoms with Gasteiger partial charge in [0, 0.05) is 17.6 Å². The summed E-state index contributed by atoms with van der Waals surface area (Å²) < 4.78 is 12.4. The summed E-state index contributed by atoms with van der Waals surface area (Å²) in [5, 5.41) is 2.23. The van der Waals surface area contributed by atoms with Gasteiger partial charge in [-0.15, -0.1) is 0 Å². The Labute approximate surface area is 184 Å². The van der Waals surface area contributed by atoms with Crippen LogP contribution < -0.4 is 19.7 Å². The van der Waals surface area contributed by atoms with Crippen LogP contribution in [0.15, 0.2) is 72.4 Å². The Kier molecular flexibility index (Phi) is 5.76. The van der Waals surface area contributed by atoms with Crippen LogP contribution in [0, 0.1) is 0 Å². The number of nitrogens with zero attached hydrogens (tertiary/aromatic N) is 2. The maximum absolute atomic E-state index is 13.1. The predicted octanol–water partition coefficient (Wildman–Crippen LogP) is 3.55. The highest BCUT2D eigenvalue weighted by atomic mass is 16.5. The zero-order valence-corrected chi connectivity index (χ0v) is 17.6. The lowest BCUT2D eigenvalue weighted by Gasteiger charge is -2.26. The van der Waals surface area contributed by atoms with E-state index in [-0.39, 0.29) is 5.57 Å². The van der Waals surface area contributed by atoms with Crippen LogP contribution in [0.3, 0.4) is 0 Å². The van der Waals surface area contributed by atoms with Gasteiger partial charge in [0.1, 0.15) is 17.1 Å². The number of nitrogens with one attached hydrogen (secondary N) is 1. The number of urea groups is 1. The van der Waals surface area contributed by atoms with E-state index in [1.54, 1.807) is 36.4 Å². The molecule has 1 aromatic heterocycles. The molecule has 1 aliphatic heterocycles. The molecule has 1 fully saturated rings. The lowest BCUT2D eigenvalue weighted by molar-refractivity contribution is -0.122. The fraction of sp³-hybridized carbons (Fsp3) is 0.125. The molecule has 0 atom stereocenters. The average Bonchev–Trinajstić information content (AvgIpc) is 3.26. The van der Waals surface area contributed by atoms with E-state index < -0.39 is 17.8 Å². The molecule has 0 bridgehead atoms. The monoisotopic (exact) mass is 431 g/mol. The van der Waals surface area contributed by atoms with Crippen LogP contribution in [0.2, 0.25) is 0 Å². The van der Waals surface area contributed by atoms with Gasteiger partial charge in [0.15, 0.2) is 0 Å². The largest absolute Gasteiger partial charge is 0.497 e. The molecule has 1 saturated heterocycles. The Bertz CT molecular complexity index is 1190. The van der Waals surface area contributed by atoms with Gasteiger partial charge < -0.3 is 14.0 Å². The van der Waals surface area contributed by atoms with Crippen molar-refractivity contribution in [1.82, 2.24) is 9.88 Å². The van der Waals surface area contributed by atoms with Gasteiger partial charge in [-0.1, -0.05) is 0 Å². The van der Waals surface area contributed by atoms with Crippen molar-refractivity contribution in [2.24, 2.45) is 0 Å². The summed E-state index contributed by atoms with van der Waals surface area (Å²) in [5.41, 5.74) is 1.62. The Morgan fingerprint density at radius 2 is 1.56 bits per heavy atom. The maximum atomic E-state index is 13.1. The summed E-state index contributed by atoms with van der Waals surface area (Å²) in [7, 11) is 1.52. The number of hydrogen-bond donors (Lipinski definition) is 1. The number of rotatable bonds is 6. The molecule has 8 heteroatoms. The number of barbiturate groups is 1. The van der Waals surface area contributed by atoms with Gasteiger partial charge >= 0.3 is 6.03 Å². The molecule has 162 valence electrons. The highest BCUT2D eigenvalue weighted by Gasteiger charge is 2.37. The van der Waals surface area contributed by atoms with E-state index in [9.17, 15) is 14.4 Å². The van der Waals surface area contributed by atoms with Crippen LogP contribution in [-0.4, -0.2) is 36.1 Å². The van der Waals surface area contributed by atoms with Crippen molar-refractivity contribution in [2.45, 2.75) is 6.92 Å². The number of ether oxygens (including phenoxy) is 2. The van der Waals surface area contributed by atoms with Crippen LogP contribution in [0.4, 0.5) is 10.5 Å². The maximum Gasteiger partial charge on any atom is 0.335 e. The fourth-order valence-electron chi connectivity index (χ4n) is 3.39. The third-order valence-corrected chi connectivity index (χ3v) is 4.93. The minimum atomic E-state index is -0.802. The number of benzene rings is 2. The number of amides is 4. The molecular weight excluding hydrogens is 410 g/mol. The van der Waals surface area contributed by atoms with E-state index in [0.717, 1.165) is 16.3 Å². The molecule has 1 N–H and O–H groups in total. The molecule has 4 rings (SSSR count). The van der Waals surface area contributed by atoms with Gasteiger partial charge in [0.05, 0.1) is 19.4 Å². The van der Waals surface area contributed by atoms with E-state index in [2.05, 4.69) is 5.32 Å². The summed E-state index contributed by atoms with van der Waals surface area (Å²) in [4.78, 5) is 38.9. The van der Waals surface area contributed by atoms with Crippen molar-refractivity contribution < 1.29 is 23.9 Å². The molecule has 8 nitrogen and oxygen atoms in total. The van der Waals surface area contributed by atoms with Crippen molar-refractivity contribution >= 4 is 29.6 Å². The normalized spacial score (nSPS) is 15.1. The van der Waals surface area contributed by atoms with Crippen LogP contribution in [-0.2, 0) is 9.59 Å². The molecule has 32 heavy (non-hydrogen) atoms. The zero-order chi connectivity index (χ0) is 22.7. The number of aromatic nitrogens is 1. The molecule has 0 radical (unpaired) electrons. The van der Waals surface area contributed by atoms with Crippen molar-refractivity contribution in [2.75, 3.05) is 18.6 Å². The van der Waals surface area contributed by atoms with Gasteiger partial charge in [-0.25, -0.2) is 9.69 Å². The molecular formula is C24H21N3O5. The van der Waals surface area contributed by atoms with Gasteiger partial charge in [-0.2, -0.15) is 0 Å². The molecule has 0 spiro atoms. The summed E-state index contributed by atoms with van der Waals surface area (Å²) in [6, 6.07) is 16.6. The second kappa shape index (κ2) is 8.81. The number of carbonyl (C=O) groups is 3. The Morgan fingerprint density at radius 1 is 0.906 bits per heavy atom. The van der Waals surface area contributed by atoms with Gasteiger partial charge in [0.25, 0.3) is 11.8 Å². The molecule has 2 heterocycles. The third kappa shape index (κ3) is 3.98. The molecule has 0 aliphatic carbocycles. The fourth-order valence-corrected chi connectivity index (χ4v) is 3.39. The first-order valence-corrected chi connectivity index (χ1v) is 9.98. The van der Waals surface area contributed by atoms with Gasteiger partial charge in [0.2, 0.25) is 0 Å². The van der Waals surface area contributed by atoms with Crippen LogP contribution in [0.25, 0.3) is 11.8 Å².